The first-order valence-corrected chi connectivity index (χ1v) is 14.5. The van der Waals surface area contributed by atoms with Gasteiger partial charge in [0.05, 0.1) is 46.9 Å². The van der Waals surface area contributed by atoms with E-state index in [4.69, 9.17) is 19.7 Å². The number of ether oxygens (including phenoxy) is 1. The number of fused-ring (bicyclic) bond motifs is 5. The largest absolute Gasteiger partial charge is 0.511 e. The Morgan fingerprint density at radius 3 is 2.53 bits per heavy atom. The average Bonchev–Trinajstić information content (AvgIpc) is 3.73. The first-order valence-electron chi connectivity index (χ1n) is 14.5. The molecule has 0 radical (unpaired) electrons. The molecule has 0 aromatic rings. The summed E-state index contributed by atoms with van der Waals surface area (Å²) in [5.74, 6) is -1.12. The molecule has 0 aromatic carbocycles. The van der Waals surface area contributed by atoms with E-state index in [0.717, 1.165) is 39.4 Å². The van der Waals surface area contributed by atoms with E-state index < -0.39 is 5.97 Å². The lowest BCUT2D eigenvalue weighted by molar-refractivity contribution is -0.141. The molecule has 0 saturated carbocycles. The van der Waals surface area contributed by atoms with Crippen LogP contribution >= 0.6 is 0 Å². The quantitative estimate of drug-likeness (QED) is 0.338. The number of rotatable bonds is 6. The van der Waals surface area contributed by atoms with Gasteiger partial charge in [0.1, 0.15) is 5.76 Å². The van der Waals surface area contributed by atoms with E-state index in [0.29, 0.717) is 58.9 Å². The maximum atomic E-state index is 12.5. The number of nitrogens with one attached hydrogen (secondary N) is 1. The summed E-state index contributed by atoms with van der Waals surface area (Å²) in [7, 11) is 1.39. The molecule has 1 aliphatic carbocycles. The molecule has 6 aliphatic rings. The second-order valence-electron chi connectivity index (χ2n) is 11.4. The van der Waals surface area contributed by atoms with Gasteiger partial charge in [-0.2, -0.15) is 0 Å². The van der Waals surface area contributed by atoms with Crippen molar-refractivity contribution in [3.8, 4) is 0 Å². The van der Waals surface area contributed by atoms with Crippen LogP contribution in [0.3, 0.4) is 0 Å². The van der Waals surface area contributed by atoms with E-state index in [2.05, 4.69) is 18.8 Å². The normalized spacial score (nSPS) is 24.2. The monoisotopic (exact) mass is 578 g/mol. The number of hydrogen-bond donors (Lipinski definition) is 3. The van der Waals surface area contributed by atoms with Gasteiger partial charge in [-0.05, 0) is 61.6 Å². The van der Waals surface area contributed by atoms with Crippen LogP contribution in [-0.2, 0) is 14.3 Å². The van der Waals surface area contributed by atoms with Gasteiger partial charge in [0.25, 0.3) is 0 Å². The Balaban J connectivity index is 1.62. The lowest BCUT2D eigenvalue weighted by Gasteiger charge is -2.17. The number of allylic oxidation sites excluding steroid dienone is 11. The number of nitrogens with zero attached hydrogens (tertiary/aromatic N) is 3. The zero-order valence-corrected chi connectivity index (χ0v) is 25.0. The number of carboxylic acid groups (broad SMARTS) is 1. The summed E-state index contributed by atoms with van der Waals surface area (Å²) in [6.07, 6.45) is 8.88. The molecule has 5 heterocycles. The van der Waals surface area contributed by atoms with Crippen LogP contribution in [0.25, 0.3) is 0 Å². The summed E-state index contributed by atoms with van der Waals surface area (Å²) in [5, 5.41) is 25.0. The Hall–Kier alpha value is -4.79. The molecule has 6 rings (SSSR count). The highest BCUT2D eigenvalue weighted by Gasteiger charge is 2.41. The fourth-order valence-corrected chi connectivity index (χ4v) is 6.78. The Morgan fingerprint density at radius 1 is 1.12 bits per heavy atom. The minimum atomic E-state index is -1.06. The highest BCUT2D eigenvalue weighted by atomic mass is 16.5. The predicted octanol–water partition coefficient (Wildman–Crippen LogP) is 5.86. The van der Waals surface area contributed by atoms with Gasteiger partial charge in [0, 0.05) is 52.8 Å². The number of carboxylic acids is 1. The van der Waals surface area contributed by atoms with Gasteiger partial charge in [-0.15, -0.1) is 0 Å². The molecule has 5 aliphatic heterocycles. The third-order valence-corrected chi connectivity index (χ3v) is 9.13. The van der Waals surface area contributed by atoms with Gasteiger partial charge in [-0.1, -0.05) is 26.5 Å². The molecule has 3 N–H and O–H groups in total. The summed E-state index contributed by atoms with van der Waals surface area (Å²) in [4.78, 5) is 39.4. The van der Waals surface area contributed by atoms with E-state index in [9.17, 15) is 19.8 Å². The van der Waals surface area contributed by atoms with Crippen molar-refractivity contribution in [3.63, 3.8) is 0 Å². The van der Waals surface area contributed by atoms with Gasteiger partial charge in [0.15, 0.2) is 0 Å². The average molecular weight is 579 g/mol. The third-order valence-electron chi connectivity index (χ3n) is 9.13. The van der Waals surface area contributed by atoms with Gasteiger partial charge < -0.3 is 20.3 Å². The lowest BCUT2D eigenvalue weighted by atomic mass is 9.86. The first kappa shape index (κ1) is 28.3. The summed E-state index contributed by atoms with van der Waals surface area (Å²) < 4.78 is 4.95. The zero-order chi connectivity index (χ0) is 30.7. The molecule has 9 nitrogen and oxygen atoms in total. The molecule has 2 atom stereocenters. The summed E-state index contributed by atoms with van der Waals surface area (Å²) in [6, 6.07) is 0. The van der Waals surface area contributed by atoms with Gasteiger partial charge in [0.2, 0.25) is 0 Å². The molecule has 43 heavy (non-hydrogen) atoms. The number of methoxy groups -OCH3 is 1. The summed E-state index contributed by atoms with van der Waals surface area (Å²) in [6.45, 7) is 11.9. The second kappa shape index (κ2) is 10.5. The first-order chi connectivity index (χ1) is 20.6. The molecular formula is C34H34N4O5. The Kier molecular flexibility index (Phi) is 6.91. The van der Waals surface area contributed by atoms with E-state index >= 15 is 0 Å². The number of hydrogen-bond acceptors (Lipinski definition) is 8. The molecule has 1 fully saturated rings. The number of aliphatic carboxylic acids is 1. The summed E-state index contributed by atoms with van der Waals surface area (Å²) in [5.41, 5.74) is 10.2. The van der Waals surface area contributed by atoms with Gasteiger partial charge in [-0.25, -0.2) is 19.8 Å². The van der Waals surface area contributed by atoms with Crippen LogP contribution in [0.1, 0.15) is 53.4 Å². The van der Waals surface area contributed by atoms with Crippen LogP contribution in [0.5, 0.6) is 0 Å². The van der Waals surface area contributed by atoms with Crippen molar-refractivity contribution in [3.05, 3.63) is 104 Å². The topological polar surface area (TPSA) is 133 Å². The fraction of sp³-hybridized carbons (Fsp3) is 0.324. The summed E-state index contributed by atoms with van der Waals surface area (Å²) >= 11 is 0. The smallest absolute Gasteiger partial charge is 0.338 e. The van der Waals surface area contributed by atoms with E-state index in [1.54, 1.807) is 12.2 Å². The molecule has 8 bridgehead atoms. The number of carbonyl (C=O) groups excluding carboxylic acids is 1. The molecule has 220 valence electrons. The maximum absolute atomic E-state index is 12.5. The minimum absolute atomic E-state index is 0.0106. The molecule has 9 heteroatoms. The number of aliphatic imine (C=N–C) groups is 3. The van der Waals surface area contributed by atoms with Crippen molar-refractivity contribution >= 4 is 29.1 Å². The van der Waals surface area contributed by atoms with Crippen LogP contribution in [0.2, 0.25) is 0 Å². The van der Waals surface area contributed by atoms with Crippen molar-refractivity contribution in [2.45, 2.75) is 53.4 Å². The second-order valence-corrected chi connectivity index (χ2v) is 11.4. The van der Waals surface area contributed by atoms with Crippen LogP contribution in [-0.4, -0.2) is 46.4 Å². The van der Waals surface area contributed by atoms with Crippen LogP contribution in [0, 0.1) is 11.8 Å². The fourth-order valence-electron chi connectivity index (χ4n) is 6.78. The SMILES string of the molecule is C=CC1=C(C)C2=NC1=CC1=NC(=CC3=C(C)C4=C(O)CC(=C5NC(=C2)[C@@H](C)[C@@H]5CCC(=O)OC)C4=N3)C(CC)=C1C(=O)O. The van der Waals surface area contributed by atoms with Crippen LogP contribution in [0.4, 0.5) is 0 Å². The van der Waals surface area contributed by atoms with Crippen LogP contribution < -0.4 is 5.32 Å². The van der Waals surface area contributed by atoms with Crippen molar-refractivity contribution in [1.82, 2.24) is 5.32 Å². The highest BCUT2D eigenvalue weighted by Crippen LogP contribution is 2.46. The minimum Gasteiger partial charge on any atom is -0.511 e. The molecular weight excluding hydrogens is 544 g/mol. The Labute approximate surface area is 250 Å². The molecule has 1 saturated heterocycles. The van der Waals surface area contributed by atoms with Crippen molar-refractivity contribution in [1.29, 1.82) is 0 Å². The third kappa shape index (κ3) is 4.42. The van der Waals surface area contributed by atoms with E-state index in [1.165, 1.54) is 7.11 Å². The number of aliphatic hydroxyl groups excluding tert-OH is 1. The standard InChI is InChI=1S/C34H34N4O5/c1-7-18-15(3)22-12-23-16(4)20(9-10-29(40)43-6)32(37-23)21-11-28(39)30-17(5)24(38-33(21)30)13-26-19(8-2)31(34(41)42)27(36-26)14-25(18)35-22/h7,12-14,16,20,37,39H,1,8-11H2,2-6H3,(H,41,42)/t16-,20-/m0/s1. The maximum Gasteiger partial charge on any atom is 0.338 e. The Morgan fingerprint density at radius 2 is 1.86 bits per heavy atom. The molecule has 0 unspecified atom stereocenters. The van der Waals surface area contributed by atoms with E-state index in [1.807, 2.05) is 32.9 Å². The number of carbonyl (C=O) groups is 2. The van der Waals surface area contributed by atoms with Gasteiger partial charge >= 0.3 is 11.9 Å². The molecule has 0 aromatic heterocycles. The molecule has 0 spiro atoms. The number of esters is 1. The molecule has 0 amide bonds. The highest BCUT2D eigenvalue weighted by molar-refractivity contribution is 6.28. The Bertz CT molecular complexity index is 1780. The predicted molar refractivity (Wildman–Crippen MR) is 165 cm³/mol. The van der Waals surface area contributed by atoms with E-state index in [-0.39, 0.29) is 35.6 Å². The number of aliphatic hydroxyl groups is 1. The lowest BCUT2D eigenvalue weighted by Crippen LogP contribution is -2.16. The van der Waals surface area contributed by atoms with Crippen molar-refractivity contribution < 1.29 is 24.5 Å². The van der Waals surface area contributed by atoms with Crippen LogP contribution in [0.15, 0.2) is 119 Å². The zero-order valence-electron chi connectivity index (χ0n) is 25.0. The van der Waals surface area contributed by atoms with Crippen molar-refractivity contribution in [2.75, 3.05) is 7.11 Å². The van der Waals surface area contributed by atoms with Crippen molar-refractivity contribution in [2.24, 2.45) is 26.8 Å². The van der Waals surface area contributed by atoms with Gasteiger partial charge in [-0.3, -0.25) is 4.79 Å².